The Morgan fingerprint density at radius 3 is 2.67 bits per heavy atom. The van der Waals surface area contributed by atoms with Gasteiger partial charge in [0.1, 0.15) is 11.3 Å². The summed E-state index contributed by atoms with van der Waals surface area (Å²) in [7, 11) is 1.78. The molecule has 142 valence electrons. The van der Waals surface area contributed by atoms with Gasteiger partial charge in [-0.05, 0) is 18.6 Å². The van der Waals surface area contributed by atoms with Crippen LogP contribution in [0, 0.1) is 10.1 Å². The zero-order valence-electron chi connectivity index (χ0n) is 15.6. The fourth-order valence-corrected chi connectivity index (χ4v) is 3.75. The van der Waals surface area contributed by atoms with Crippen LogP contribution in [-0.2, 0) is 20.0 Å². The van der Waals surface area contributed by atoms with Crippen LogP contribution in [0.4, 0.5) is 11.5 Å². The molecular formula is C18H23N7O2. The number of rotatable bonds is 5. The minimum atomic E-state index is -0.301. The second kappa shape index (κ2) is 6.99. The van der Waals surface area contributed by atoms with E-state index in [0.717, 1.165) is 44.1 Å². The van der Waals surface area contributed by atoms with E-state index in [0.29, 0.717) is 17.9 Å². The predicted octanol–water partition coefficient (Wildman–Crippen LogP) is 1.86. The molecule has 1 aliphatic heterocycles. The maximum atomic E-state index is 11.6. The van der Waals surface area contributed by atoms with E-state index in [2.05, 4.69) is 26.1 Å². The van der Waals surface area contributed by atoms with Crippen LogP contribution in [0.1, 0.15) is 18.3 Å². The molecule has 0 aliphatic carbocycles. The molecule has 0 unspecified atom stereocenters. The Labute approximate surface area is 157 Å². The van der Waals surface area contributed by atoms with Crippen molar-refractivity contribution < 1.29 is 4.92 Å². The second-order valence-electron chi connectivity index (χ2n) is 6.81. The maximum Gasteiger partial charge on any atom is 0.334 e. The van der Waals surface area contributed by atoms with Gasteiger partial charge in [-0.25, -0.2) is 9.67 Å². The summed E-state index contributed by atoms with van der Waals surface area (Å²) in [6, 6.07) is 5.97. The van der Waals surface area contributed by atoms with E-state index in [1.165, 1.54) is 0 Å². The zero-order valence-corrected chi connectivity index (χ0v) is 15.6. The largest absolute Gasteiger partial charge is 0.349 e. The minimum Gasteiger partial charge on any atom is -0.349 e. The molecule has 9 heteroatoms. The van der Waals surface area contributed by atoms with Crippen LogP contribution in [0.25, 0.3) is 5.65 Å². The lowest BCUT2D eigenvalue weighted by Crippen LogP contribution is -2.46. The number of aromatic nitrogens is 4. The Morgan fingerprint density at radius 2 is 2.00 bits per heavy atom. The number of imidazole rings is 1. The number of hydrogen-bond donors (Lipinski definition) is 0. The average molecular weight is 369 g/mol. The summed E-state index contributed by atoms with van der Waals surface area (Å²) >= 11 is 0. The van der Waals surface area contributed by atoms with Crippen LogP contribution in [0.2, 0.25) is 0 Å². The molecule has 4 rings (SSSR count). The number of pyridine rings is 1. The number of nitro groups is 1. The summed E-state index contributed by atoms with van der Waals surface area (Å²) in [5.41, 5.74) is 2.68. The summed E-state index contributed by atoms with van der Waals surface area (Å²) in [6.45, 7) is 5.80. The Bertz CT molecular complexity index is 936. The highest BCUT2D eigenvalue weighted by molar-refractivity contribution is 5.62. The first-order valence-electron chi connectivity index (χ1n) is 9.17. The summed E-state index contributed by atoms with van der Waals surface area (Å²) in [5.74, 6) is 0.615. The molecule has 3 aromatic rings. The van der Waals surface area contributed by atoms with Gasteiger partial charge in [-0.15, -0.1) is 0 Å². The van der Waals surface area contributed by atoms with Crippen molar-refractivity contribution >= 4 is 17.2 Å². The summed E-state index contributed by atoms with van der Waals surface area (Å²) in [6.07, 6.45) is 4.61. The monoisotopic (exact) mass is 369 g/mol. The Balaban J connectivity index is 1.46. The summed E-state index contributed by atoms with van der Waals surface area (Å²) < 4.78 is 3.67. The van der Waals surface area contributed by atoms with Crippen molar-refractivity contribution in [2.75, 3.05) is 31.1 Å². The quantitative estimate of drug-likeness (QED) is 0.504. The van der Waals surface area contributed by atoms with Crippen molar-refractivity contribution in [3.8, 4) is 0 Å². The zero-order chi connectivity index (χ0) is 19.0. The summed E-state index contributed by atoms with van der Waals surface area (Å²) in [5, 5.41) is 15.9. The van der Waals surface area contributed by atoms with Gasteiger partial charge in [-0.3, -0.25) is 15.0 Å². The maximum absolute atomic E-state index is 11.6. The topological polar surface area (TPSA) is 84.7 Å². The minimum absolute atomic E-state index is 0.147. The van der Waals surface area contributed by atoms with E-state index in [1.54, 1.807) is 11.7 Å². The lowest BCUT2D eigenvalue weighted by molar-refractivity contribution is -0.384. The third kappa shape index (κ3) is 3.25. The fourth-order valence-electron chi connectivity index (χ4n) is 3.75. The number of hydrogen-bond acceptors (Lipinski definition) is 6. The lowest BCUT2D eigenvalue weighted by atomic mass is 10.2. The van der Waals surface area contributed by atoms with Crippen LogP contribution >= 0.6 is 0 Å². The van der Waals surface area contributed by atoms with Crippen molar-refractivity contribution in [3.63, 3.8) is 0 Å². The highest BCUT2D eigenvalue weighted by Gasteiger charge is 2.31. The Hall–Kier alpha value is -2.94. The van der Waals surface area contributed by atoms with Gasteiger partial charge in [0.15, 0.2) is 0 Å². The Kier molecular flexibility index (Phi) is 4.53. The SMILES string of the molecule is CCc1nn(C)c(N2CCN(Cc3cn4ccccc4n3)CC2)c1[N+](=O)[O-]. The van der Waals surface area contributed by atoms with Gasteiger partial charge in [-0.2, -0.15) is 5.10 Å². The number of anilines is 1. The number of piperazine rings is 1. The second-order valence-corrected chi connectivity index (χ2v) is 6.81. The lowest BCUT2D eigenvalue weighted by Gasteiger charge is -2.34. The van der Waals surface area contributed by atoms with Gasteiger partial charge in [0.05, 0.1) is 10.6 Å². The Morgan fingerprint density at radius 1 is 1.22 bits per heavy atom. The number of aryl methyl sites for hydroxylation is 2. The van der Waals surface area contributed by atoms with E-state index in [9.17, 15) is 10.1 Å². The normalized spacial score (nSPS) is 15.6. The molecule has 9 nitrogen and oxygen atoms in total. The highest BCUT2D eigenvalue weighted by atomic mass is 16.6. The fraction of sp³-hybridized carbons (Fsp3) is 0.444. The first-order chi connectivity index (χ1) is 13.1. The number of fused-ring (bicyclic) bond motifs is 1. The molecule has 27 heavy (non-hydrogen) atoms. The van der Waals surface area contributed by atoms with Crippen LogP contribution in [0.3, 0.4) is 0 Å². The van der Waals surface area contributed by atoms with Crippen molar-refractivity contribution in [2.24, 2.45) is 7.05 Å². The van der Waals surface area contributed by atoms with Gasteiger partial charge in [0.25, 0.3) is 0 Å². The van der Waals surface area contributed by atoms with Crippen LogP contribution in [0.15, 0.2) is 30.6 Å². The molecular weight excluding hydrogens is 346 g/mol. The average Bonchev–Trinajstić information content (AvgIpc) is 3.22. The van der Waals surface area contributed by atoms with Gasteiger partial charge in [-0.1, -0.05) is 13.0 Å². The summed E-state index contributed by atoms with van der Waals surface area (Å²) in [4.78, 5) is 20.3. The van der Waals surface area contributed by atoms with Crippen LogP contribution in [-0.4, -0.2) is 55.2 Å². The van der Waals surface area contributed by atoms with E-state index in [-0.39, 0.29) is 10.6 Å². The molecule has 1 aliphatic rings. The van der Waals surface area contributed by atoms with Crippen molar-refractivity contribution in [1.82, 2.24) is 24.1 Å². The molecule has 4 heterocycles. The standard InChI is InChI=1S/C18H23N7O2/c1-3-15-17(25(26)27)18(21(2)20-15)23-10-8-22(9-11-23)12-14-13-24-7-5-4-6-16(24)19-14/h4-7,13H,3,8-12H2,1-2H3. The van der Waals surface area contributed by atoms with E-state index in [4.69, 9.17) is 0 Å². The van der Waals surface area contributed by atoms with E-state index in [1.807, 2.05) is 35.7 Å². The molecule has 0 saturated carbocycles. The first-order valence-corrected chi connectivity index (χ1v) is 9.17. The molecule has 3 aromatic heterocycles. The molecule has 1 fully saturated rings. The number of nitrogens with zero attached hydrogens (tertiary/aromatic N) is 7. The predicted molar refractivity (Wildman–Crippen MR) is 102 cm³/mol. The van der Waals surface area contributed by atoms with E-state index < -0.39 is 0 Å². The smallest absolute Gasteiger partial charge is 0.334 e. The molecule has 1 saturated heterocycles. The molecule has 0 aromatic carbocycles. The third-order valence-corrected chi connectivity index (χ3v) is 5.05. The third-order valence-electron chi connectivity index (χ3n) is 5.05. The van der Waals surface area contributed by atoms with Gasteiger partial charge >= 0.3 is 5.69 Å². The first kappa shape index (κ1) is 17.5. The molecule has 0 radical (unpaired) electrons. The van der Waals surface area contributed by atoms with Gasteiger partial charge < -0.3 is 9.30 Å². The van der Waals surface area contributed by atoms with Crippen molar-refractivity contribution in [1.29, 1.82) is 0 Å². The van der Waals surface area contributed by atoms with Crippen LogP contribution in [0.5, 0.6) is 0 Å². The van der Waals surface area contributed by atoms with Crippen molar-refractivity contribution in [3.05, 3.63) is 52.1 Å². The highest BCUT2D eigenvalue weighted by Crippen LogP contribution is 2.32. The van der Waals surface area contributed by atoms with Gasteiger partial charge in [0.2, 0.25) is 5.82 Å². The van der Waals surface area contributed by atoms with Gasteiger partial charge in [0, 0.05) is 52.2 Å². The molecule has 0 N–H and O–H groups in total. The van der Waals surface area contributed by atoms with E-state index >= 15 is 0 Å². The van der Waals surface area contributed by atoms with Crippen LogP contribution < -0.4 is 4.90 Å². The molecule has 0 amide bonds. The molecule has 0 bridgehead atoms. The molecule has 0 atom stereocenters. The van der Waals surface area contributed by atoms with Crippen molar-refractivity contribution in [2.45, 2.75) is 19.9 Å². The molecule has 0 spiro atoms.